The first-order chi connectivity index (χ1) is 8.78. The molecule has 0 radical (unpaired) electrons. The van der Waals surface area contributed by atoms with Crippen molar-refractivity contribution in [2.24, 2.45) is 0 Å². The van der Waals surface area contributed by atoms with Crippen molar-refractivity contribution >= 4 is 37.5 Å². The molecule has 1 nitrogen and oxygen atoms in total. The number of rotatable bonds is 2. The minimum absolute atomic E-state index is 0.216. The Hall–Kier alpha value is -1.26. The Morgan fingerprint density at radius 3 is 2.83 bits per heavy atom. The van der Waals surface area contributed by atoms with E-state index in [1.54, 1.807) is 6.07 Å². The van der Waals surface area contributed by atoms with Crippen LogP contribution in [0.4, 0.5) is 4.39 Å². The highest BCUT2D eigenvalue weighted by atomic mass is 79.9. The summed E-state index contributed by atoms with van der Waals surface area (Å²) in [4.78, 5) is 4.56. The molecule has 2 aromatic carbocycles. The average Bonchev–Trinajstić information content (AvgIpc) is 2.81. The second kappa shape index (κ2) is 4.78. The normalized spacial score (nSPS) is 11.0. The quantitative estimate of drug-likeness (QED) is 0.605. The third-order valence-corrected chi connectivity index (χ3v) is 4.40. The fourth-order valence-electron chi connectivity index (χ4n) is 1.86. The predicted molar refractivity (Wildman–Crippen MR) is 77.6 cm³/mol. The number of hydrogen-bond acceptors (Lipinski definition) is 2. The van der Waals surface area contributed by atoms with Crippen molar-refractivity contribution in [3.63, 3.8) is 0 Å². The van der Waals surface area contributed by atoms with Crippen LogP contribution in [0.2, 0.25) is 0 Å². The Bertz CT molecular complexity index is 708. The van der Waals surface area contributed by atoms with Crippen molar-refractivity contribution < 1.29 is 4.39 Å². The summed E-state index contributed by atoms with van der Waals surface area (Å²) in [5, 5.41) is 1.72. The molecule has 1 aromatic heterocycles. The van der Waals surface area contributed by atoms with E-state index in [2.05, 4.69) is 27.0 Å². The molecule has 18 heavy (non-hydrogen) atoms. The molecule has 0 saturated carbocycles. The number of hydrogen-bond donors (Lipinski definition) is 0. The van der Waals surface area contributed by atoms with Gasteiger partial charge in [-0.2, -0.15) is 0 Å². The zero-order valence-electron chi connectivity index (χ0n) is 9.36. The van der Waals surface area contributed by atoms with E-state index in [4.69, 9.17) is 0 Å². The lowest BCUT2D eigenvalue weighted by molar-refractivity contribution is 0.630. The second-order valence-corrected chi connectivity index (χ2v) is 5.51. The number of alkyl halides is 1. The molecule has 0 aliphatic carbocycles. The van der Waals surface area contributed by atoms with E-state index in [0.29, 0.717) is 0 Å². The molecule has 90 valence electrons. The van der Waals surface area contributed by atoms with Crippen LogP contribution in [-0.2, 0) is 5.33 Å². The van der Waals surface area contributed by atoms with Gasteiger partial charge in [0.05, 0.1) is 10.2 Å². The van der Waals surface area contributed by atoms with Crippen LogP contribution < -0.4 is 0 Å². The van der Waals surface area contributed by atoms with Crippen LogP contribution in [-0.4, -0.2) is 4.98 Å². The number of fused-ring (bicyclic) bond motifs is 1. The molecule has 0 N–H and O–H groups in total. The van der Waals surface area contributed by atoms with Gasteiger partial charge in [0.2, 0.25) is 0 Å². The van der Waals surface area contributed by atoms with Gasteiger partial charge in [-0.15, -0.1) is 11.3 Å². The molecule has 0 unspecified atom stereocenters. The highest BCUT2D eigenvalue weighted by Gasteiger charge is 2.09. The molecule has 0 bridgehead atoms. The maximum absolute atomic E-state index is 13.2. The Kier molecular flexibility index (Phi) is 3.14. The minimum atomic E-state index is -0.216. The second-order valence-electron chi connectivity index (χ2n) is 3.92. The van der Waals surface area contributed by atoms with Gasteiger partial charge in [0, 0.05) is 10.9 Å². The van der Waals surface area contributed by atoms with Gasteiger partial charge in [-0.25, -0.2) is 9.37 Å². The van der Waals surface area contributed by atoms with Gasteiger partial charge >= 0.3 is 0 Å². The number of halogens is 2. The number of aromatic nitrogens is 1. The summed E-state index contributed by atoms with van der Waals surface area (Å²) in [5.74, 6) is -0.216. The van der Waals surface area contributed by atoms with Gasteiger partial charge < -0.3 is 0 Å². The van der Waals surface area contributed by atoms with Crippen molar-refractivity contribution in [2.75, 3.05) is 0 Å². The molecule has 0 aliphatic heterocycles. The first-order valence-corrected chi connectivity index (χ1v) is 7.42. The minimum Gasteiger partial charge on any atom is -0.236 e. The standard InChI is InChI=1S/C14H9BrFNS/c15-8-9-3-1-2-4-11(9)14-17-12-6-5-10(16)7-13(12)18-14/h1-7H,8H2. The summed E-state index contributed by atoms with van der Waals surface area (Å²) < 4.78 is 14.0. The molecule has 3 aromatic rings. The molecule has 0 amide bonds. The van der Waals surface area contributed by atoms with Crippen LogP contribution in [0, 0.1) is 5.82 Å². The topological polar surface area (TPSA) is 12.9 Å². The monoisotopic (exact) mass is 321 g/mol. The molecular formula is C14H9BrFNS. The van der Waals surface area contributed by atoms with Crippen molar-refractivity contribution in [1.29, 1.82) is 0 Å². The summed E-state index contributed by atoms with van der Waals surface area (Å²) in [5.41, 5.74) is 3.15. The summed E-state index contributed by atoms with van der Waals surface area (Å²) in [6.07, 6.45) is 0. The van der Waals surface area contributed by atoms with Crippen LogP contribution >= 0.6 is 27.3 Å². The lowest BCUT2D eigenvalue weighted by Crippen LogP contribution is -1.84. The fraction of sp³-hybridized carbons (Fsp3) is 0.0714. The smallest absolute Gasteiger partial charge is 0.124 e. The van der Waals surface area contributed by atoms with Gasteiger partial charge in [0.25, 0.3) is 0 Å². The Morgan fingerprint density at radius 2 is 2.00 bits per heavy atom. The van der Waals surface area contributed by atoms with Crippen molar-refractivity contribution in [3.8, 4) is 10.6 Å². The van der Waals surface area contributed by atoms with E-state index in [0.717, 1.165) is 26.1 Å². The molecular weight excluding hydrogens is 313 g/mol. The molecule has 0 aliphatic rings. The molecule has 0 saturated heterocycles. The Morgan fingerprint density at radius 1 is 1.17 bits per heavy atom. The largest absolute Gasteiger partial charge is 0.236 e. The van der Waals surface area contributed by atoms with Crippen molar-refractivity contribution in [1.82, 2.24) is 4.98 Å². The Labute approximate surface area is 116 Å². The van der Waals surface area contributed by atoms with Crippen LogP contribution in [0.1, 0.15) is 5.56 Å². The van der Waals surface area contributed by atoms with Crippen molar-refractivity contribution in [2.45, 2.75) is 5.33 Å². The highest BCUT2D eigenvalue weighted by Crippen LogP contribution is 2.33. The van der Waals surface area contributed by atoms with Crippen molar-refractivity contribution in [3.05, 3.63) is 53.8 Å². The van der Waals surface area contributed by atoms with Crippen LogP contribution in [0.5, 0.6) is 0 Å². The summed E-state index contributed by atoms with van der Waals surface area (Å²) in [6, 6.07) is 12.8. The molecule has 0 spiro atoms. The summed E-state index contributed by atoms with van der Waals surface area (Å²) >= 11 is 5.00. The fourth-order valence-corrected chi connectivity index (χ4v) is 3.40. The average molecular weight is 322 g/mol. The van der Waals surface area contributed by atoms with Gasteiger partial charge in [0.1, 0.15) is 10.8 Å². The lowest BCUT2D eigenvalue weighted by atomic mass is 10.1. The van der Waals surface area contributed by atoms with E-state index < -0.39 is 0 Å². The van der Waals surface area contributed by atoms with E-state index in [1.807, 2.05) is 18.2 Å². The van der Waals surface area contributed by atoms with Crippen LogP contribution in [0.15, 0.2) is 42.5 Å². The van der Waals surface area contributed by atoms with E-state index in [1.165, 1.54) is 29.0 Å². The van der Waals surface area contributed by atoms with Gasteiger partial charge in [0.15, 0.2) is 0 Å². The van der Waals surface area contributed by atoms with Gasteiger partial charge in [-0.3, -0.25) is 0 Å². The maximum Gasteiger partial charge on any atom is 0.124 e. The summed E-state index contributed by atoms with van der Waals surface area (Å²) in [6.45, 7) is 0. The van der Waals surface area contributed by atoms with Crippen LogP contribution in [0.3, 0.4) is 0 Å². The van der Waals surface area contributed by atoms with E-state index in [-0.39, 0.29) is 5.82 Å². The summed E-state index contributed by atoms with van der Waals surface area (Å²) in [7, 11) is 0. The zero-order valence-corrected chi connectivity index (χ0v) is 11.8. The number of benzene rings is 2. The number of thiazole rings is 1. The third kappa shape index (κ3) is 2.06. The first kappa shape index (κ1) is 11.8. The number of nitrogens with zero attached hydrogens (tertiary/aromatic N) is 1. The molecule has 1 heterocycles. The van der Waals surface area contributed by atoms with Crippen LogP contribution in [0.25, 0.3) is 20.8 Å². The maximum atomic E-state index is 13.2. The third-order valence-electron chi connectivity index (χ3n) is 2.74. The predicted octanol–water partition coefficient (Wildman–Crippen LogP) is 5.00. The van der Waals surface area contributed by atoms with E-state index in [9.17, 15) is 4.39 Å². The van der Waals surface area contributed by atoms with Gasteiger partial charge in [-0.1, -0.05) is 40.2 Å². The first-order valence-electron chi connectivity index (χ1n) is 5.48. The van der Waals surface area contributed by atoms with E-state index >= 15 is 0 Å². The SMILES string of the molecule is Fc1ccc2nc(-c3ccccc3CBr)sc2c1. The molecule has 0 fully saturated rings. The highest BCUT2D eigenvalue weighted by molar-refractivity contribution is 9.08. The molecule has 4 heteroatoms. The zero-order chi connectivity index (χ0) is 12.5. The molecule has 3 rings (SSSR count). The molecule has 0 atom stereocenters. The van der Waals surface area contributed by atoms with Gasteiger partial charge in [-0.05, 0) is 23.8 Å². The Balaban J connectivity index is 2.19. The lowest BCUT2D eigenvalue weighted by Gasteiger charge is -2.02.